The molecular formula is C24H31F3N4O4. The Bertz CT molecular complexity index is 948. The Labute approximate surface area is 202 Å². The second-order valence-corrected chi connectivity index (χ2v) is 9.00. The first-order chi connectivity index (χ1) is 16.3. The molecule has 2 rings (SSSR count). The fourth-order valence-electron chi connectivity index (χ4n) is 3.12. The van der Waals surface area contributed by atoms with Crippen molar-refractivity contribution in [3.8, 4) is 0 Å². The highest BCUT2D eigenvalue weighted by Crippen LogP contribution is 2.27. The fraction of sp³-hybridized carbons (Fsp3) is 0.500. The minimum atomic E-state index is -4.56. The molecule has 35 heavy (non-hydrogen) atoms. The summed E-state index contributed by atoms with van der Waals surface area (Å²) in [5.74, 6) is -0.366. The number of alkyl carbamates (subject to hydrolysis) is 1. The number of ether oxygens (including phenoxy) is 1. The lowest BCUT2D eigenvalue weighted by molar-refractivity contribution is -0.141. The van der Waals surface area contributed by atoms with Crippen LogP contribution >= 0.6 is 0 Å². The van der Waals surface area contributed by atoms with Gasteiger partial charge in [-0.25, -0.2) is 4.79 Å². The van der Waals surface area contributed by atoms with Gasteiger partial charge in [0.15, 0.2) is 0 Å². The summed E-state index contributed by atoms with van der Waals surface area (Å²) in [6.07, 6.45) is -1.09. The smallest absolute Gasteiger partial charge is 0.433 e. The summed E-state index contributed by atoms with van der Waals surface area (Å²) in [4.78, 5) is 33.5. The predicted molar refractivity (Wildman–Crippen MR) is 122 cm³/mol. The van der Waals surface area contributed by atoms with Crippen LogP contribution in [-0.2, 0) is 22.1 Å². The highest BCUT2D eigenvalue weighted by atomic mass is 19.4. The van der Waals surface area contributed by atoms with E-state index >= 15 is 0 Å². The van der Waals surface area contributed by atoms with E-state index < -0.39 is 29.7 Å². The maximum Gasteiger partial charge on any atom is 0.433 e. The molecule has 2 amide bonds. The summed E-state index contributed by atoms with van der Waals surface area (Å²) in [5.41, 5.74) is -0.776. The van der Waals surface area contributed by atoms with Gasteiger partial charge in [-0.15, -0.1) is 0 Å². The number of aliphatic hydroxyl groups excluding tert-OH is 1. The van der Waals surface area contributed by atoms with Crippen LogP contribution < -0.4 is 5.32 Å². The second kappa shape index (κ2) is 12.5. The lowest BCUT2D eigenvalue weighted by Crippen LogP contribution is -2.37. The van der Waals surface area contributed by atoms with Crippen LogP contribution in [0, 0.1) is 0 Å². The summed E-state index contributed by atoms with van der Waals surface area (Å²) >= 11 is 0. The minimum absolute atomic E-state index is 0.0158. The molecule has 8 nitrogen and oxygen atoms in total. The molecule has 0 radical (unpaired) electrons. The molecule has 1 atom stereocenters. The number of alkyl halides is 3. The monoisotopic (exact) mass is 496 g/mol. The standard InChI is InChI=1S/C24H31F3N4O4/c1-23(2,3)35-22(34)29-11-4-5-12-31(16-19(32)18-7-6-10-28-15-18)21(33)13-17-8-9-20(30-14-17)24(25,26)27/h6-10,14-15,19,32H,4-5,11-13,16H2,1-3H3,(H,29,34)/t19-/m1/s1. The Balaban J connectivity index is 1.97. The third-order valence-electron chi connectivity index (χ3n) is 4.81. The van der Waals surface area contributed by atoms with Gasteiger partial charge in [-0.1, -0.05) is 12.1 Å². The van der Waals surface area contributed by atoms with Crippen molar-refractivity contribution in [3.05, 3.63) is 59.7 Å². The van der Waals surface area contributed by atoms with E-state index in [4.69, 9.17) is 4.74 Å². The lowest BCUT2D eigenvalue weighted by atomic mass is 10.1. The highest BCUT2D eigenvalue weighted by molar-refractivity contribution is 5.78. The number of carbonyl (C=O) groups excluding carboxylic acids is 2. The maximum absolute atomic E-state index is 12.9. The zero-order chi connectivity index (χ0) is 26.1. The first-order valence-electron chi connectivity index (χ1n) is 11.2. The Hall–Kier alpha value is -3.21. The molecule has 2 aromatic rings. The van der Waals surface area contributed by atoms with Crippen molar-refractivity contribution < 1.29 is 32.6 Å². The van der Waals surface area contributed by atoms with Gasteiger partial charge in [-0.2, -0.15) is 13.2 Å². The van der Waals surface area contributed by atoms with Crippen LogP contribution in [0.25, 0.3) is 0 Å². The molecule has 2 aromatic heterocycles. The van der Waals surface area contributed by atoms with E-state index in [0.29, 0.717) is 30.5 Å². The number of unbranched alkanes of at least 4 members (excludes halogenated alkanes) is 1. The number of amides is 2. The van der Waals surface area contributed by atoms with Gasteiger partial charge in [-0.05, 0) is 51.3 Å². The summed E-state index contributed by atoms with van der Waals surface area (Å²) < 4.78 is 43.4. The van der Waals surface area contributed by atoms with Crippen molar-refractivity contribution >= 4 is 12.0 Å². The largest absolute Gasteiger partial charge is 0.444 e. The Kier molecular flexibility index (Phi) is 10.00. The van der Waals surface area contributed by atoms with Gasteiger partial charge in [0.05, 0.1) is 19.1 Å². The molecular weight excluding hydrogens is 465 g/mol. The fourth-order valence-corrected chi connectivity index (χ4v) is 3.12. The van der Waals surface area contributed by atoms with Crippen molar-refractivity contribution in [2.45, 2.75) is 57.9 Å². The number of aliphatic hydroxyl groups is 1. The minimum Gasteiger partial charge on any atom is -0.444 e. The van der Waals surface area contributed by atoms with E-state index in [-0.39, 0.29) is 25.4 Å². The highest BCUT2D eigenvalue weighted by Gasteiger charge is 2.32. The molecule has 11 heteroatoms. The predicted octanol–water partition coefficient (Wildman–Crippen LogP) is 3.91. The van der Waals surface area contributed by atoms with Crippen molar-refractivity contribution in [3.63, 3.8) is 0 Å². The van der Waals surface area contributed by atoms with E-state index in [1.165, 1.54) is 17.2 Å². The van der Waals surface area contributed by atoms with Crippen LogP contribution in [0.3, 0.4) is 0 Å². The third-order valence-corrected chi connectivity index (χ3v) is 4.81. The van der Waals surface area contributed by atoms with Crippen LogP contribution in [0.4, 0.5) is 18.0 Å². The number of halogens is 3. The Morgan fingerprint density at radius 3 is 2.46 bits per heavy atom. The van der Waals surface area contributed by atoms with E-state index in [2.05, 4.69) is 15.3 Å². The number of nitrogens with one attached hydrogen (secondary N) is 1. The molecule has 0 unspecified atom stereocenters. The van der Waals surface area contributed by atoms with Gasteiger partial charge in [0.2, 0.25) is 5.91 Å². The zero-order valence-electron chi connectivity index (χ0n) is 20.0. The summed E-state index contributed by atoms with van der Waals surface area (Å²) in [5, 5.41) is 13.2. The SMILES string of the molecule is CC(C)(C)OC(=O)NCCCCN(C[C@@H](O)c1cccnc1)C(=O)Cc1ccc(C(F)(F)F)nc1. The van der Waals surface area contributed by atoms with Gasteiger partial charge in [0.1, 0.15) is 11.3 Å². The van der Waals surface area contributed by atoms with E-state index in [9.17, 15) is 27.9 Å². The average molecular weight is 497 g/mol. The molecule has 2 N–H and O–H groups in total. The quantitative estimate of drug-likeness (QED) is 0.484. The number of nitrogens with zero attached hydrogens (tertiary/aromatic N) is 3. The molecule has 0 fully saturated rings. The molecule has 0 aliphatic heterocycles. The van der Waals surface area contributed by atoms with Gasteiger partial charge < -0.3 is 20.1 Å². The zero-order valence-corrected chi connectivity index (χ0v) is 20.0. The first-order valence-corrected chi connectivity index (χ1v) is 11.2. The number of aromatic nitrogens is 2. The molecule has 192 valence electrons. The normalized spacial score (nSPS) is 12.7. The van der Waals surface area contributed by atoms with Gasteiger partial charge in [-0.3, -0.25) is 14.8 Å². The van der Waals surface area contributed by atoms with Crippen molar-refractivity contribution in [2.75, 3.05) is 19.6 Å². The molecule has 0 saturated heterocycles. The number of pyridine rings is 2. The van der Waals surface area contributed by atoms with Crippen molar-refractivity contribution in [1.29, 1.82) is 0 Å². The van der Waals surface area contributed by atoms with Gasteiger partial charge in [0.25, 0.3) is 0 Å². The Morgan fingerprint density at radius 1 is 1.14 bits per heavy atom. The maximum atomic E-state index is 12.9. The average Bonchev–Trinajstić information content (AvgIpc) is 2.77. The van der Waals surface area contributed by atoms with Crippen LogP contribution in [0.15, 0.2) is 42.9 Å². The summed E-state index contributed by atoms with van der Waals surface area (Å²) in [6.45, 7) is 5.88. The number of carbonyl (C=O) groups is 2. The van der Waals surface area contributed by atoms with Gasteiger partial charge >= 0.3 is 12.3 Å². The molecule has 0 bridgehead atoms. The van der Waals surface area contributed by atoms with Crippen LogP contribution in [0.2, 0.25) is 0 Å². The lowest BCUT2D eigenvalue weighted by Gasteiger charge is -2.26. The molecule has 2 heterocycles. The van der Waals surface area contributed by atoms with Crippen LogP contribution in [0.1, 0.15) is 56.5 Å². The molecule has 0 spiro atoms. The number of hydrogen-bond donors (Lipinski definition) is 2. The molecule has 0 aliphatic carbocycles. The van der Waals surface area contributed by atoms with E-state index in [0.717, 1.165) is 12.3 Å². The van der Waals surface area contributed by atoms with Gasteiger partial charge in [0, 0.05) is 37.2 Å². The number of rotatable bonds is 10. The summed E-state index contributed by atoms with van der Waals surface area (Å²) in [6, 6.07) is 5.40. The second-order valence-electron chi connectivity index (χ2n) is 9.00. The van der Waals surface area contributed by atoms with Crippen molar-refractivity contribution in [1.82, 2.24) is 20.2 Å². The van der Waals surface area contributed by atoms with Crippen LogP contribution in [-0.4, -0.2) is 57.2 Å². The Morgan fingerprint density at radius 2 is 1.89 bits per heavy atom. The van der Waals surface area contributed by atoms with Crippen LogP contribution in [0.5, 0.6) is 0 Å². The third kappa shape index (κ3) is 10.3. The number of hydrogen-bond acceptors (Lipinski definition) is 6. The molecule has 0 aromatic carbocycles. The molecule has 0 saturated carbocycles. The molecule has 0 aliphatic rings. The van der Waals surface area contributed by atoms with Crippen molar-refractivity contribution in [2.24, 2.45) is 0 Å². The van der Waals surface area contributed by atoms with E-state index in [1.54, 1.807) is 39.1 Å². The van der Waals surface area contributed by atoms with E-state index in [1.807, 2.05) is 0 Å². The summed E-state index contributed by atoms with van der Waals surface area (Å²) in [7, 11) is 0. The topological polar surface area (TPSA) is 105 Å². The first kappa shape index (κ1) is 28.0.